The lowest BCUT2D eigenvalue weighted by molar-refractivity contribution is 0.0950. The molecular formula is C10H16ClN3O. The maximum Gasteiger partial charge on any atom is 0.252 e. The number of aromatic nitrogens is 1. The van der Waals surface area contributed by atoms with Crippen molar-refractivity contribution in [2.24, 2.45) is 0 Å². The molecule has 1 rings (SSSR count). The summed E-state index contributed by atoms with van der Waals surface area (Å²) in [5.41, 5.74) is 0.603. The van der Waals surface area contributed by atoms with E-state index in [4.69, 9.17) is 0 Å². The number of pyridine rings is 1. The summed E-state index contributed by atoms with van der Waals surface area (Å²) in [5.74, 6) is -0.0695. The van der Waals surface area contributed by atoms with Crippen LogP contribution in [-0.4, -0.2) is 43.0 Å². The molecule has 0 aliphatic carbocycles. The van der Waals surface area contributed by atoms with E-state index in [1.165, 1.54) is 0 Å². The van der Waals surface area contributed by atoms with Gasteiger partial charge in [-0.3, -0.25) is 9.78 Å². The Kier molecular flexibility index (Phi) is 6.66. The first-order valence-corrected chi connectivity index (χ1v) is 4.53. The lowest BCUT2D eigenvalue weighted by Crippen LogP contribution is -2.31. The van der Waals surface area contributed by atoms with E-state index in [-0.39, 0.29) is 18.3 Å². The summed E-state index contributed by atoms with van der Waals surface area (Å²) < 4.78 is 0. The van der Waals surface area contributed by atoms with Gasteiger partial charge in [0.25, 0.3) is 5.91 Å². The molecule has 0 bridgehead atoms. The van der Waals surface area contributed by atoms with Gasteiger partial charge >= 0.3 is 0 Å². The molecule has 0 saturated heterocycles. The molecule has 0 aromatic carbocycles. The number of carbonyl (C=O) groups is 1. The van der Waals surface area contributed by atoms with Crippen LogP contribution in [-0.2, 0) is 0 Å². The molecule has 0 aliphatic rings. The van der Waals surface area contributed by atoms with Gasteiger partial charge in [0.2, 0.25) is 0 Å². The van der Waals surface area contributed by atoms with Gasteiger partial charge in [-0.15, -0.1) is 12.4 Å². The summed E-state index contributed by atoms with van der Waals surface area (Å²) in [6.45, 7) is 1.49. The Labute approximate surface area is 96.1 Å². The number of hydrogen-bond donors (Lipinski definition) is 1. The molecule has 84 valence electrons. The smallest absolute Gasteiger partial charge is 0.252 e. The minimum absolute atomic E-state index is 0. The van der Waals surface area contributed by atoms with Crippen molar-refractivity contribution in [2.75, 3.05) is 27.2 Å². The van der Waals surface area contributed by atoms with Crippen LogP contribution in [0.2, 0.25) is 0 Å². The predicted molar refractivity (Wildman–Crippen MR) is 62.4 cm³/mol. The Bertz CT molecular complexity index is 290. The molecule has 0 aliphatic heterocycles. The second kappa shape index (κ2) is 7.20. The van der Waals surface area contributed by atoms with Crippen molar-refractivity contribution in [1.29, 1.82) is 0 Å². The number of nitrogens with zero attached hydrogens (tertiary/aromatic N) is 2. The highest BCUT2D eigenvalue weighted by Crippen LogP contribution is 1.94. The van der Waals surface area contributed by atoms with Crippen molar-refractivity contribution in [3.63, 3.8) is 0 Å². The van der Waals surface area contributed by atoms with Gasteiger partial charge in [0.05, 0.1) is 5.56 Å². The highest BCUT2D eigenvalue weighted by atomic mass is 35.5. The first-order chi connectivity index (χ1) is 6.70. The Balaban J connectivity index is 0.00000196. The van der Waals surface area contributed by atoms with Gasteiger partial charge in [0, 0.05) is 25.5 Å². The number of amides is 1. The predicted octanol–water partition coefficient (Wildman–Crippen LogP) is 0.795. The maximum absolute atomic E-state index is 11.5. The Morgan fingerprint density at radius 1 is 1.53 bits per heavy atom. The van der Waals surface area contributed by atoms with Crippen molar-refractivity contribution < 1.29 is 4.79 Å². The van der Waals surface area contributed by atoms with Gasteiger partial charge in [-0.1, -0.05) is 0 Å². The molecule has 0 spiro atoms. The number of halogens is 1. The Morgan fingerprint density at radius 3 is 2.80 bits per heavy atom. The third-order valence-corrected chi connectivity index (χ3v) is 1.77. The molecule has 1 N–H and O–H groups in total. The zero-order valence-corrected chi connectivity index (χ0v) is 9.75. The van der Waals surface area contributed by atoms with Crippen LogP contribution < -0.4 is 5.32 Å². The zero-order chi connectivity index (χ0) is 10.4. The molecule has 0 radical (unpaired) electrons. The van der Waals surface area contributed by atoms with Gasteiger partial charge in [0.1, 0.15) is 0 Å². The van der Waals surface area contributed by atoms with Crippen molar-refractivity contribution in [3.05, 3.63) is 30.1 Å². The molecular weight excluding hydrogens is 214 g/mol. The normalized spacial score (nSPS) is 9.53. The molecule has 1 aromatic rings. The molecule has 1 aromatic heterocycles. The molecule has 5 heteroatoms. The standard InChI is InChI=1S/C10H15N3O.ClH/c1-13(2)7-6-12-10(14)9-4-3-5-11-8-9;/h3-5,8H,6-7H2,1-2H3,(H,12,14);1H. The van der Waals surface area contributed by atoms with Crippen LogP contribution in [0.4, 0.5) is 0 Å². The van der Waals surface area contributed by atoms with Crippen LogP contribution in [0.3, 0.4) is 0 Å². The average Bonchev–Trinajstić information content (AvgIpc) is 2.18. The van der Waals surface area contributed by atoms with Crippen molar-refractivity contribution in [1.82, 2.24) is 15.2 Å². The minimum atomic E-state index is -0.0695. The van der Waals surface area contributed by atoms with Crippen LogP contribution in [0.1, 0.15) is 10.4 Å². The Morgan fingerprint density at radius 2 is 2.27 bits per heavy atom. The van der Waals surface area contributed by atoms with Gasteiger partial charge < -0.3 is 10.2 Å². The number of likely N-dealkylation sites (N-methyl/N-ethyl adjacent to an activating group) is 1. The molecule has 1 amide bonds. The van der Waals surface area contributed by atoms with E-state index in [1.54, 1.807) is 24.5 Å². The fraction of sp³-hybridized carbons (Fsp3) is 0.400. The lowest BCUT2D eigenvalue weighted by atomic mass is 10.3. The van der Waals surface area contributed by atoms with Crippen LogP contribution in [0.25, 0.3) is 0 Å². The van der Waals surface area contributed by atoms with Crippen molar-refractivity contribution in [3.8, 4) is 0 Å². The highest BCUT2D eigenvalue weighted by molar-refractivity contribution is 5.93. The number of nitrogens with one attached hydrogen (secondary N) is 1. The molecule has 0 saturated carbocycles. The van der Waals surface area contributed by atoms with Crippen molar-refractivity contribution >= 4 is 18.3 Å². The highest BCUT2D eigenvalue weighted by Gasteiger charge is 2.03. The van der Waals surface area contributed by atoms with Crippen LogP contribution >= 0.6 is 12.4 Å². The fourth-order valence-electron chi connectivity index (χ4n) is 0.992. The Hall–Kier alpha value is -1.13. The van der Waals surface area contributed by atoms with Crippen LogP contribution in [0.5, 0.6) is 0 Å². The quantitative estimate of drug-likeness (QED) is 0.831. The topological polar surface area (TPSA) is 45.2 Å². The van der Waals surface area contributed by atoms with Gasteiger partial charge in [0.15, 0.2) is 0 Å². The average molecular weight is 230 g/mol. The lowest BCUT2D eigenvalue weighted by Gasteiger charge is -2.09. The van der Waals surface area contributed by atoms with Gasteiger partial charge in [-0.05, 0) is 26.2 Å². The van der Waals surface area contributed by atoms with E-state index < -0.39 is 0 Å². The van der Waals surface area contributed by atoms with Gasteiger partial charge in [-0.25, -0.2) is 0 Å². The monoisotopic (exact) mass is 229 g/mol. The summed E-state index contributed by atoms with van der Waals surface area (Å²) in [4.78, 5) is 17.4. The zero-order valence-electron chi connectivity index (χ0n) is 8.93. The largest absolute Gasteiger partial charge is 0.351 e. The molecule has 1 heterocycles. The number of hydrogen-bond acceptors (Lipinski definition) is 3. The second-order valence-electron chi connectivity index (χ2n) is 3.30. The van der Waals surface area contributed by atoms with E-state index in [1.807, 2.05) is 19.0 Å². The summed E-state index contributed by atoms with van der Waals surface area (Å²) >= 11 is 0. The summed E-state index contributed by atoms with van der Waals surface area (Å²) in [5, 5.41) is 2.81. The molecule has 4 nitrogen and oxygen atoms in total. The summed E-state index contributed by atoms with van der Waals surface area (Å²) in [6.07, 6.45) is 3.21. The molecule has 15 heavy (non-hydrogen) atoms. The van der Waals surface area contributed by atoms with Gasteiger partial charge in [-0.2, -0.15) is 0 Å². The number of carbonyl (C=O) groups excluding carboxylic acids is 1. The molecule has 0 unspecified atom stereocenters. The van der Waals surface area contributed by atoms with E-state index in [0.29, 0.717) is 12.1 Å². The minimum Gasteiger partial charge on any atom is -0.351 e. The first-order valence-electron chi connectivity index (χ1n) is 4.53. The third kappa shape index (κ3) is 5.34. The number of rotatable bonds is 4. The SMILES string of the molecule is CN(C)CCNC(=O)c1cccnc1.Cl. The van der Waals surface area contributed by atoms with E-state index in [0.717, 1.165) is 6.54 Å². The van der Waals surface area contributed by atoms with Crippen LogP contribution in [0, 0.1) is 0 Å². The van der Waals surface area contributed by atoms with E-state index in [2.05, 4.69) is 10.3 Å². The van der Waals surface area contributed by atoms with E-state index >= 15 is 0 Å². The molecule has 0 fully saturated rings. The van der Waals surface area contributed by atoms with E-state index in [9.17, 15) is 4.79 Å². The summed E-state index contributed by atoms with van der Waals surface area (Å²) in [7, 11) is 3.94. The summed E-state index contributed by atoms with van der Waals surface area (Å²) in [6, 6.07) is 3.50. The second-order valence-corrected chi connectivity index (χ2v) is 3.30. The molecule has 0 atom stereocenters. The third-order valence-electron chi connectivity index (χ3n) is 1.77. The van der Waals surface area contributed by atoms with Crippen molar-refractivity contribution in [2.45, 2.75) is 0 Å². The first kappa shape index (κ1) is 13.9. The maximum atomic E-state index is 11.5. The van der Waals surface area contributed by atoms with Crippen LogP contribution in [0.15, 0.2) is 24.5 Å². The fourth-order valence-corrected chi connectivity index (χ4v) is 0.992.